The Kier molecular flexibility index (Phi) is 5.05. The molecule has 2 aliphatic heterocycles. The van der Waals surface area contributed by atoms with Crippen molar-refractivity contribution in [3.63, 3.8) is 0 Å². The van der Waals surface area contributed by atoms with E-state index in [0.717, 1.165) is 6.54 Å². The van der Waals surface area contributed by atoms with Crippen molar-refractivity contribution in [3.05, 3.63) is 0 Å². The van der Waals surface area contributed by atoms with Gasteiger partial charge in [-0.05, 0) is 6.42 Å². The van der Waals surface area contributed by atoms with Crippen LogP contribution in [0.3, 0.4) is 0 Å². The number of carbonyl (C=O) groups excluding carboxylic acids is 3. The molecular weight excluding hydrogens is 290 g/mol. The van der Waals surface area contributed by atoms with Gasteiger partial charge in [-0.3, -0.25) is 19.3 Å². The number of hydrogen-bond donors (Lipinski definition) is 0. The molecule has 2 fully saturated rings. The first kappa shape index (κ1) is 16.7. The Morgan fingerprint density at radius 2 is 1.45 bits per heavy atom. The molecule has 0 aromatic carbocycles. The highest BCUT2D eigenvalue weighted by molar-refractivity contribution is 5.68. The summed E-state index contributed by atoms with van der Waals surface area (Å²) in [5.74, 6) is -1.19. The van der Waals surface area contributed by atoms with E-state index in [0.29, 0.717) is 13.0 Å². The standard InChI is InChI=1S/C15H23NO6/c1-8-7-16-6-5-12(20-9(2)17)13(16)15(22-11(4)19)14(8)21-10(3)18/h8,12-15H,5-7H2,1-4H3. The molecule has 0 spiro atoms. The maximum Gasteiger partial charge on any atom is 0.303 e. The van der Waals surface area contributed by atoms with Crippen LogP contribution in [0.4, 0.5) is 0 Å². The molecule has 7 nitrogen and oxygen atoms in total. The van der Waals surface area contributed by atoms with Gasteiger partial charge in [0.2, 0.25) is 0 Å². The molecule has 5 unspecified atom stereocenters. The summed E-state index contributed by atoms with van der Waals surface area (Å²) in [5, 5.41) is 0. The van der Waals surface area contributed by atoms with Crippen molar-refractivity contribution >= 4 is 17.9 Å². The molecule has 0 N–H and O–H groups in total. The van der Waals surface area contributed by atoms with E-state index >= 15 is 0 Å². The fourth-order valence-corrected chi connectivity index (χ4v) is 3.52. The lowest BCUT2D eigenvalue weighted by atomic mass is 9.87. The van der Waals surface area contributed by atoms with Gasteiger partial charge in [0.1, 0.15) is 12.2 Å². The lowest BCUT2D eigenvalue weighted by molar-refractivity contribution is -0.190. The van der Waals surface area contributed by atoms with Crippen molar-refractivity contribution in [2.75, 3.05) is 13.1 Å². The zero-order valence-corrected chi connectivity index (χ0v) is 13.4. The number of fused-ring (bicyclic) bond motifs is 1. The predicted molar refractivity (Wildman–Crippen MR) is 75.8 cm³/mol. The van der Waals surface area contributed by atoms with E-state index in [1.807, 2.05) is 6.92 Å². The molecule has 5 atom stereocenters. The van der Waals surface area contributed by atoms with Gasteiger partial charge < -0.3 is 14.2 Å². The van der Waals surface area contributed by atoms with Gasteiger partial charge >= 0.3 is 17.9 Å². The van der Waals surface area contributed by atoms with Gasteiger partial charge in [0.05, 0.1) is 6.04 Å². The summed E-state index contributed by atoms with van der Waals surface area (Å²) in [6.07, 6.45) is -0.829. The van der Waals surface area contributed by atoms with Crippen LogP contribution in [0.1, 0.15) is 34.1 Å². The van der Waals surface area contributed by atoms with Gasteiger partial charge in [0.25, 0.3) is 0 Å². The van der Waals surface area contributed by atoms with Gasteiger partial charge in [-0.15, -0.1) is 0 Å². The Labute approximate surface area is 129 Å². The van der Waals surface area contributed by atoms with Crippen LogP contribution in [0.2, 0.25) is 0 Å². The molecule has 0 aliphatic carbocycles. The minimum atomic E-state index is -0.628. The Balaban J connectivity index is 2.26. The van der Waals surface area contributed by atoms with Crippen molar-refractivity contribution < 1.29 is 28.6 Å². The Morgan fingerprint density at radius 3 is 2.00 bits per heavy atom. The van der Waals surface area contributed by atoms with Crippen LogP contribution in [-0.4, -0.2) is 60.3 Å². The van der Waals surface area contributed by atoms with Gasteiger partial charge in [0.15, 0.2) is 6.10 Å². The molecule has 2 saturated heterocycles. The number of rotatable bonds is 3. The van der Waals surface area contributed by atoms with Crippen molar-refractivity contribution in [1.82, 2.24) is 4.90 Å². The number of piperidine rings is 1. The number of nitrogens with zero attached hydrogens (tertiary/aromatic N) is 1. The summed E-state index contributed by atoms with van der Waals surface area (Å²) < 4.78 is 16.2. The summed E-state index contributed by atoms with van der Waals surface area (Å²) in [4.78, 5) is 36.3. The third kappa shape index (κ3) is 3.58. The quantitative estimate of drug-likeness (QED) is 0.554. The molecule has 22 heavy (non-hydrogen) atoms. The predicted octanol–water partition coefficient (Wildman–Crippen LogP) is 0.506. The summed E-state index contributed by atoms with van der Waals surface area (Å²) in [5.41, 5.74) is 0. The second-order valence-corrected chi connectivity index (χ2v) is 6.05. The highest BCUT2D eigenvalue weighted by Gasteiger charge is 2.52. The van der Waals surface area contributed by atoms with E-state index in [1.54, 1.807) is 0 Å². The molecule has 0 aromatic heterocycles. The largest absolute Gasteiger partial charge is 0.461 e. The van der Waals surface area contributed by atoms with Gasteiger partial charge in [0, 0.05) is 39.8 Å². The third-order valence-electron chi connectivity index (χ3n) is 4.17. The lowest BCUT2D eigenvalue weighted by Crippen LogP contribution is -2.61. The second-order valence-electron chi connectivity index (χ2n) is 6.05. The molecule has 124 valence electrons. The Hall–Kier alpha value is -1.63. The summed E-state index contributed by atoms with van der Waals surface area (Å²) in [7, 11) is 0. The molecule has 0 radical (unpaired) electrons. The van der Waals surface area contributed by atoms with Crippen LogP contribution in [0.25, 0.3) is 0 Å². The van der Waals surface area contributed by atoms with Gasteiger partial charge in [-0.2, -0.15) is 0 Å². The minimum absolute atomic E-state index is 0.0283. The normalized spacial score (nSPS) is 34.6. The van der Waals surface area contributed by atoms with Crippen LogP contribution >= 0.6 is 0 Å². The van der Waals surface area contributed by atoms with E-state index in [4.69, 9.17) is 14.2 Å². The maximum absolute atomic E-state index is 11.5. The second kappa shape index (κ2) is 6.64. The number of esters is 3. The number of hydrogen-bond acceptors (Lipinski definition) is 7. The van der Waals surface area contributed by atoms with Crippen molar-refractivity contribution in [1.29, 1.82) is 0 Å². The average molecular weight is 313 g/mol. The molecule has 0 amide bonds. The van der Waals surface area contributed by atoms with E-state index in [2.05, 4.69) is 4.90 Å². The molecule has 2 rings (SSSR count). The zero-order valence-electron chi connectivity index (χ0n) is 13.4. The van der Waals surface area contributed by atoms with Crippen LogP contribution in [-0.2, 0) is 28.6 Å². The minimum Gasteiger partial charge on any atom is -0.461 e. The lowest BCUT2D eigenvalue weighted by Gasteiger charge is -2.45. The summed E-state index contributed by atoms with van der Waals surface area (Å²) in [6.45, 7) is 7.44. The van der Waals surface area contributed by atoms with Gasteiger partial charge in [-0.25, -0.2) is 0 Å². The average Bonchev–Trinajstić information content (AvgIpc) is 2.74. The highest BCUT2D eigenvalue weighted by Crippen LogP contribution is 2.35. The van der Waals surface area contributed by atoms with E-state index < -0.39 is 24.1 Å². The highest BCUT2D eigenvalue weighted by atomic mass is 16.6. The van der Waals surface area contributed by atoms with Gasteiger partial charge in [-0.1, -0.05) is 6.92 Å². The summed E-state index contributed by atoms with van der Waals surface area (Å²) in [6, 6.07) is -0.270. The fraction of sp³-hybridized carbons (Fsp3) is 0.800. The molecule has 0 saturated carbocycles. The first-order valence-corrected chi connectivity index (χ1v) is 7.55. The van der Waals surface area contributed by atoms with Crippen LogP contribution in [0, 0.1) is 5.92 Å². The smallest absolute Gasteiger partial charge is 0.303 e. The van der Waals surface area contributed by atoms with Crippen molar-refractivity contribution in [3.8, 4) is 0 Å². The Bertz CT molecular complexity index is 465. The zero-order chi connectivity index (χ0) is 16.4. The monoisotopic (exact) mass is 313 g/mol. The van der Waals surface area contributed by atoms with Crippen LogP contribution < -0.4 is 0 Å². The van der Waals surface area contributed by atoms with Crippen molar-refractivity contribution in [2.24, 2.45) is 5.92 Å². The third-order valence-corrected chi connectivity index (χ3v) is 4.17. The van der Waals surface area contributed by atoms with E-state index in [-0.39, 0.29) is 24.0 Å². The first-order chi connectivity index (χ1) is 10.3. The Morgan fingerprint density at radius 1 is 0.909 bits per heavy atom. The molecule has 0 aromatic rings. The molecule has 2 aliphatic rings. The molecule has 0 bridgehead atoms. The fourth-order valence-electron chi connectivity index (χ4n) is 3.52. The number of carbonyl (C=O) groups is 3. The molecular formula is C15H23NO6. The topological polar surface area (TPSA) is 82.1 Å². The first-order valence-electron chi connectivity index (χ1n) is 7.55. The van der Waals surface area contributed by atoms with Crippen molar-refractivity contribution in [2.45, 2.75) is 58.5 Å². The molecule has 2 heterocycles. The maximum atomic E-state index is 11.5. The van der Waals surface area contributed by atoms with E-state index in [1.165, 1.54) is 20.8 Å². The SMILES string of the molecule is CC(=O)OC1CCN2CC(C)C(OC(C)=O)C(OC(C)=O)C12. The van der Waals surface area contributed by atoms with Crippen LogP contribution in [0.15, 0.2) is 0 Å². The summed E-state index contributed by atoms with van der Waals surface area (Å²) >= 11 is 0. The van der Waals surface area contributed by atoms with E-state index in [9.17, 15) is 14.4 Å². The van der Waals surface area contributed by atoms with Crippen LogP contribution in [0.5, 0.6) is 0 Å². The molecule has 7 heteroatoms. The number of ether oxygens (including phenoxy) is 3.